The van der Waals surface area contributed by atoms with Gasteiger partial charge >= 0.3 is 0 Å². The van der Waals surface area contributed by atoms with Gasteiger partial charge in [-0.05, 0) is 42.7 Å². The number of fused-ring (bicyclic) bond motifs is 1. The van der Waals surface area contributed by atoms with E-state index in [0.29, 0.717) is 74.5 Å². The summed E-state index contributed by atoms with van der Waals surface area (Å²) in [6, 6.07) is 11.2. The van der Waals surface area contributed by atoms with Gasteiger partial charge in [-0.2, -0.15) is 0 Å². The Morgan fingerprint density at radius 3 is 2.25 bits per heavy atom. The van der Waals surface area contributed by atoms with Gasteiger partial charge < -0.3 is 14.7 Å². The van der Waals surface area contributed by atoms with Crippen molar-refractivity contribution in [3.63, 3.8) is 0 Å². The second-order valence-electron chi connectivity index (χ2n) is 9.62. The first-order valence-electron chi connectivity index (χ1n) is 12.4. The average molecular weight is 493 g/mol. The van der Waals surface area contributed by atoms with Crippen LogP contribution in [0.5, 0.6) is 0 Å². The number of likely N-dealkylation sites (tertiary alicyclic amines) is 1. The van der Waals surface area contributed by atoms with E-state index < -0.39 is 5.82 Å². The molecule has 0 radical (unpaired) electrons. The zero-order chi connectivity index (χ0) is 25.4. The van der Waals surface area contributed by atoms with Crippen molar-refractivity contribution < 1.29 is 23.6 Å². The number of hydrogen-bond acceptors (Lipinski definition) is 5. The Kier molecular flexibility index (Phi) is 6.47. The van der Waals surface area contributed by atoms with Crippen LogP contribution in [0.4, 0.5) is 10.1 Å². The smallest absolute Gasteiger partial charge is 0.263 e. The molecule has 0 N–H and O–H groups in total. The number of nitrogens with zero attached hydrogens (tertiary/aromatic N) is 4. The molecular weight excluding hydrogens is 463 g/mol. The first-order valence-corrected chi connectivity index (χ1v) is 12.4. The highest BCUT2D eigenvalue weighted by molar-refractivity contribution is 6.23. The molecule has 2 saturated heterocycles. The van der Waals surface area contributed by atoms with Crippen LogP contribution in [0.25, 0.3) is 0 Å². The zero-order valence-electron chi connectivity index (χ0n) is 20.3. The number of imide groups is 1. The number of piperidine rings is 1. The lowest BCUT2D eigenvalue weighted by atomic mass is 9.95. The Morgan fingerprint density at radius 2 is 1.58 bits per heavy atom. The normalized spacial score (nSPS) is 18.6. The lowest BCUT2D eigenvalue weighted by Gasteiger charge is -2.39. The van der Waals surface area contributed by atoms with Crippen molar-refractivity contribution in [1.82, 2.24) is 14.7 Å². The molecule has 2 aromatic rings. The van der Waals surface area contributed by atoms with Gasteiger partial charge in [0.2, 0.25) is 11.8 Å². The second-order valence-corrected chi connectivity index (χ2v) is 9.62. The lowest BCUT2D eigenvalue weighted by molar-refractivity contribution is -0.140. The van der Waals surface area contributed by atoms with E-state index in [1.807, 2.05) is 11.0 Å². The number of benzene rings is 2. The molecule has 0 aromatic heterocycles. The summed E-state index contributed by atoms with van der Waals surface area (Å²) in [5, 5.41) is 0. The largest absolute Gasteiger partial charge is 0.367 e. The maximum Gasteiger partial charge on any atom is 0.263 e. The summed E-state index contributed by atoms with van der Waals surface area (Å²) < 4.78 is 13.6. The molecule has 3 aliphatic heterocycles. The molecule has 3 heterocycles. The van der Waals surface area contributed by atoms with Crippen molar-refractivity contribution in [1.29, 1.82) is 0 Å². The maximum absolute atomic E-state index is 13.6. The van der Waals surface area contributed by atoms with Crippen LogP contribution in [-0.4, -0.2) is 77.6 Å². The van der Waals surface area contributed by atoms with E-state index in [9.17, 15) is 23.6 Å². The molecule has 2 fully saturated rings. The number of halogens is 1. The Hall–Kier alpha value is -3.75. The summed E-state index contributed by atoms with van der Waals surface area (Å²) in [7, 11) is 0. The standard InChI is InChI=1S/C27H29FN4O4/c1-18(33)29-10-8-20(9-11-29)25(34)31-14-12-30(13-15-31)23-7-3-6-22-24(23)27(36)32(26(22)35)17-19-4-2-5-21(28)16-19/h2-7,16,20H,8-15,17H2,1H3. The van der Waals surface area contributed by atoms with Gasteiger partial charge in [0.15, 0.2) is 0 Å². The average Bonchev–Trinajstić information content (AvgIpc) is 3.13. The SMILES string of the molecule is CC(=O)N1CCC(C(=O)N2CCN(c3cccc4c3C(=O)N(Cc3cccc(F)c3)C4=O)CC2)CC1. The predicted molar refractivity (Wildman–Crippen MR) is 131 cm³/mol. The Balaban J connectivity index is 1.25. The van der Waals surface area contributed by atoms with Crippen LogP contribution in [0.1, 0.15) is 46.0 Å². The van der Waals surface area contributed by atoms with Crippen LogP contribution >= 0.6 is 0 Å². The van der Waals surface area contributed by atoms with Gasteiger partial charge in [-0.3, -0.25) is 24.1 Å². The number of carbonyl (C=O) groups excluding carboxylic acids is 4. The molecule has 0 atom stereocenters. The monoisotopic (exact) mass is 492 g/mol. The molecule has 0 saturated carbocycles. The minimum Gasteiger partial charge on any atom is -0.367 e. The van der Waals surface area contributed by atoms with Gasteiger partial charge in [-0.1, -0.05) is 18.2 Å². The highest BCUT2D eigenvalue weighted by Gasteiger charge is 2.39. The number of carbonyl (C=O) groups is 4. The van der Waals surface area contributed by atoms with Crippen molar-refractivity contribution in [2.24, 2.45) is 5.92 Å². The van der Waals surface area contributed by atoms with Gasteiger partial charge in [0, 0.05) is 52.1 Å². The van der Waals surface area contributed by atoms with Crippen LogP contribution in [0.15, 0.2) is 42.5 Å². The fourth-order valence-corrected chi connectivity index (χ4v) is 5.41. The Labute approximate surface area is 209 Å². The van der Waals surface area contributed by atoms with Crippen molar-refractivity contribution in [3.05, 3.63) is 65.0 Å². The zero-order valence-corrected chi connectivity index (χ0v) is 20.3. The molecule has 4 amide bonds. The van der Waals surface area contributed by atoms with E-state index in [0.717, 1.165) is 4.90 Å². The van der Waals surface area contributed by atoms with E-state index >= 15 is 0 Å². The van der Waals surface area contributed by atoms with E-state index in [2.05, 4.69) is 4.90 Å². The molecule has 8 nitrogen and oxygen atoms in total. The molecule has 0 aliphatic carbocycles. The molecule has 36 heavy (non-hydrogen) atoms. The van der Waals surface area contributed by atoms with Crippen LogP contribution in [0, 0.1) is 11.7 Å². The molecule has 3 aliphatic rings. The van der Waals surface area contributed by atoms with E-state index in [-0.39, 0.29) is 36.1 Å². The van der Waals surface area contributed by atoms with Crippen LogP contribution in [-0.2, 0) is 16.1 Å². The molecule has 188 valence electrons. The van der Waals surface area contributed by atoms with Gasteiger partial charge in [-0.15, -0.1) is 0 Å². The van der Waals surface area contributed by atoms with Gasteiger partial charge in [0.1, 0.15) is 5.82 Å². The number of hydrogen-bond donors (Lipinski definition) is 0. The van der Waals surface area contributed by atoms with Crippen molar-refractivity contribution in [2.75, 3.05) is 44.2 Å². The van der Waals surface area contributed by atoms with Gasteiger partial charge in [0.05, 0.1) is 23.4 Å². The molecule has 2 aromatic carbocycles. The summed E-state index contributed by atoms with van der Waals surface area (Å²) in [5.74, 6) is -1.07. The Bertz CT molecular complexity index is 1220. The van der Waals surface area contributed by atoms with Gasteiger partial charge in [0.25, 0.3) is 11.8 Å². The molecule has 0 bridgehead atoms. The molecular formula is C27H29FN4O4. The van der Waals surface area contributed by atoms with Gasteiger partial charge in [-0.25, -0.2) is 4.39 Å². The minimum absolute atomic E-state index is 0.00821. The minimum atomic E-state index is -0.415. The first kappa shape index (κ1) is 24.0. The molecule has 5 rings (SSSR count). The third-order valence-electron chi connectivity index (χ3n) is 7.43. The number of rotatable bonds is 4. The summed E-state index contributed by atoms with van der Waals surface area (Å²) in [4.78, 5) is 57.8. The second kappa shape index (κ2) is 9.72. The number of piperazine rings is 1. The first-order chi connectivity index (χ1) is 17.3. The van der Waals surface area contributed by atoms with E-state index in [1.165, 1.54) is 12.1 Å². The van der Waals surface area contributed by atoms with E-state index in [1.54, 1.807) is 36.1 Å². The Morgan fingerprint density at radius 1 is 0.889 bits per heavy atom. The van der Waals surface area contributed by atoms with Crippen LogP contribution in [0.2, 0.25) is 0 Å². The predicted octanol–water partition coefficient (Wildman–Crippen LogP) is 2.53. The van der Waals surface area contributed by atoms with Crippen LogP contribution in [0.3, 0.4) is 0 Å². The molecule has 9 heteroatoms. The van der Waals surface area contributed by atoms with Crippen molar-refractivity contribution >= 4 is 29.3 Å². The topological polar surface area (TPSA) is 81.2 Å². The lowest BCUT2D eigenvalue weighted by Crippen LogP contribution is -2.52. The number of amides is 4. The van der Waals surface area contributed by atoms with E-state index in [4.69, 9.17) is 0 Å². The highest BCUT2D eigenvalue weighted by Crippen LogP contribution is 2.33. The number of anilines is 1. The van der Waals surface area contributed by atoms with Crippen molar-refractivity contribution in [2.45, 2.75) is 26.3 Å². The molecule has 0 spiro atoms. The fourth-order valence-electron chi connectivity index (χ4n) is 5.41. The molecule has 0 unspecified atom stereocenters. The summed E-state index contributed by atoms with van der Waals surface area (Å²) in [5.41, 5.74) is 1.96. The summed E-state index contributed by atoms with van der Waals surface area (Å²) in [6.07, 6.45) is 1.37. The highest BCUT2D eigenvalue weighted by atomic mass is 19.1. The van der Waals surface area contributed by atoms with Crippen LogP contribution < -0.4 is 4.90 Å². The third kappa shape index (κ3) is 4.45. The maximum atomic E-state index is 13.6. The summed E-state index contributed by atoms with van der Waals surface area (Å²) in [6.45, 7) is 4.97. The van der Waals surface area contributed by atoms with Crippen molar-refractivity contribution in [3.8, 4) is 0 Å². The third-order valence-corrected chi connectivity index (χ3v) is 7.43. The quantitative estimate of drug-likeness (QED) is 0.613. The summed E-state index contributed by atoms with van der Waals surface area (Å²) >= 11 is 0. The fraction of sp³-hybridized carbons (Fsp3) is 0.407.